The van der Waals surface area contributed by atoms with Crippen molar-refractivity contribution in [3.05, 3.63) is 0 Å². The van der Waals surface area contributed by atoms with E-state index in [1.807, 2.05) is 0 Å². The molecule has 11 heavy (non-hydrogen) atoms. The number of aliphatic hydroxyl groups excluding tert-OH is 1. The highest BCUT2D eigenvalue weighted by Crippen LogP contribution is 2.46. The predicted octanol–water partition coefficient (Wildman–Crippen LogP) is -2.02. The topological polar surface area (TPSA) is 80.0 Å². The third-order valence-electron chi connectivity index (χ3n) is 2.27. The number of likely N-dealkylation sites (N-methyl/N-ethyl adjacent to an activating group) is 1. The highest BCUT2D eigenvalue weighted by molar-refractivity contribution is 5.09. The summed E-state index contributed by atoms with van der Waals surface area (Å²) in [6, 6.07) is 0.00199. The van der Waals surface area contributed by atoms with Gasteiger partial charge in [-0.2, -0.15) is 0 Å². The molecule has 0 aliphatic carbocycles. The first-order chi connectivity index (χ1) is 5.23. The van der Waals surface area contributed by atoms with Crippen LogP contribution in [0.3, 0.4) is 0 Å². The minimum atomic E-state index is -0.785. The van der Waals surface area contributed by atoms with E-state index in [0.29, 0.717) is 0 Å². The maximum absolute atomic E-state index is 8.86. The largest absolute Gasteiger partial charge is 0.391 e. The van der Waals surface area contributed by atoms with E-state index < -0.39 is 5.79 Å². The molecule has 2 aliphatic rings. The van der Waals surface area contributed by atoms with Crippen molar-refractivity contribution in [2.24, 2.45) is 5.73 Å². The number of ether oxygens (including phenoxy) is 2. The second kappa shape index (κ2) is 2.15. The summed E-state index contributed by atoms with van der Waals surface area (Å²) in [6.45, 7) is -0.121. The Kier molecular flexibility index (Phi) is 1.45. The minimum Gasteiger partial charge on any atom is -0.391 e. The van der Waals surface area contributed by atoms with Gasteiger partial charge in [-0.3, -0.25) is 0 Å². The van der Waals surface area contributed by atoms with Crippen molar-refractivity contribution >= 4 is 0 Å². The Morgan fingerprint density at radius 2 is 2.36 bits per heavy atom. The molecule has 2 saturated heterocycles. The molecule has 2 heterocycles. The number of aliphatic hydroxyl groups is 1. The van der Waals surface area contributed by atoms with Gasteiger partial charge in [-0.1, -0.05) is 0 Å². The molecule has 5 heteroatoms. The Hall–Kier alpha value is -0.200. The average Bonchev–Trinajstić information content (AvgIpc) is 2.61. The first-order valence-corrected chi connectivity index (χ1v) is 3.63. The van der Waals surface area contributed by atoms with Gasteiger partial charge >= 0.3 is 0 Å². The molecule has 0 aromatic rings. The minimum absolute atomic E-state index is 0.00199. The maximum atomic E-state index is 8.86. The summed E-state index contributed by atoms with van der Waals surface area (Å²) >= 11 is 0. The Balaban J connectivity index is 2.08. The second-order valence-electron chi connectivity index (χ2n) is 2.91. The zero-order valence-electron chi connectivity index (χ0n) is 6.28. The average molecular weight is 160 g/mol. The van der Waals surface area contributed by atoms with E-state index in [0.717, 1.165) is 0 Å². The predicted molar refractivity (Wildman–Crippen MR) is 36.6 cm³/mol. The fraction of sp³-hybridized carbons (Fsp3) is 1.00. The van der Waals surface area contributed by atoms with Crippen LogP contribution in [0.1, 0.15) is 0 Å². The molecule has 64 valence electrons. The van der Waals surface area contributed by atoms with E-state index in [2.05, 4.69) is 5.32 Å². The van der Waals surface area contributed by atoms with E-state index in [1.54, 1.807) is 7.05 Å². The van der Waals surface area contributed by atoms with Crippen molar-refractivity contribution in [1.82, 2.24) is 5.32 Å². The number of hydrogen-bond acceptors (Lipinski definition) is 5. The smallest absolute Gasteiger partial charge is 0.222 e. The van der Waals surface area contributed by atoms with Crippen molar-refractivity contribution in [3.8, 4) is 0 Å². The summed E-state index contributed by atoms with van der Waals surface area (Å²) in [6.07, 6.45) is -0.446. The van der Waals surface area contributed by atoms with Gasteiger partial charge < -0.3 is 25.6 Å². The van der Waals surface area contributed by atoms with Gasteiger partial charge in [0.2, 0.25) is 5.79 Å². The molecule has 2 aliphatic heterocycles. The molecular weight excluding hydrogens is 148 g/mol. The zero-order valence-corrected chi connectivity index (χ0v) is 6.28. The summed E-state index contributed by atoms with van der Waals surface area (Å²) in [7, 11) is 1.79. The van der Waals surface area contributed by atoms with Crippen LogP contribution in [0.2, 0.25) is 0 Å². The van der Waals surface area contributed by atoms with E-state index in [4.69, 9.17) is 20.3 Å². The number of epoxide rings is 1. The molecule has 0 radical (unpaired) electrons. The normalized spacial score (nSPS) is 54.3. The molecule has 0 saturated carbocycles. The van der Waals surface area contributed by atoms with Crippen LogP contribution < -0.4 is 11.1 Å². The molecule has 0 aromatic carbocycles. The lowest BCUT2D eigenvalue weighted by atomic mass is 10.1. The molecular formula is C6H12N2O3. The van der Waals surface area contributed by atoms with Crippen LogP contribution in [-0.4, -0.2) is 42.9 Å². The fourth-order valence-electron chi connectivity index (χ4n) is 1.58. The summed E-state index contributed by atoms with van der Waals surface area (Å²) < 4.78 is 10.4. The number of nitrogens with one attached hydrogen (secondary N) is 1. The molecule has 4 atom stereocenters. The van der Waals surface area contributed by atoms with E-state index >= 15 is 0 Å². The zero-order chi connectivity index (χ0) is 8.06. The first kappa shape index (κ1) is 7.45. The van der Waals surface area contributed by atoms with Crippen LogP contribution in [0.4, 0.5) is 0 Å². The summed E-state index contributed by atoms with van der Waals surface area (Å²) in [5.74, 6) is -0.785. The van der Waals surface area contributed by atoms with Gasteiger partial charge in [0.05, 0.1) is 6.04 Å². The maximum Gasteiger partial charge on any atom is 0.222 e. The SMILES string of the molecule is CNC1C2O[C@]2(CO)O[C@H]1N. The third-order valence-corrected chi connectivity index (χ3v) is 2.27. The Bertz CT molecular complexity index is 177. The van der Waals surface area contributed by atoms with Crippen LogP contribution in [0.15, 0.2) is 0 Å². The first-order valence-electron chi connectivity index (χ1n) is 3.63. The Morgan fingerprint density at radius 1 is 1.64 bits per heavy atom. The van der Waals surface area contributed by atoms with Gasteiger partial charge in [-0.15, -0.1) is 0 Å². The lowest BCUT2D eigenvalue weighted by Gasteiger charge is -2.16. The standard InChI is InChI=1S/C6H12N2O3/c1-8-3-4-6(2-9,10-4)11-5(3)7/h3-5,8-9H,2,7H2,1H3/t3?,4?,5-,6-/m1/s1. The molecule has 5 nitrogen and oxygen atoms in total. The van der Waals surface area contributed by atoms with Crippen LogP contribution in [0.25, 0.3) is 0 Å². The van der Waals surface area contributed by atoms with Crippen molar-refractivity contribution in [3.63, 3.8) is 0 Å². The van der Waals surface area contributed by atoms with Crippen molar-refractivity contribution < 1.29 is 14.6 Å². The summed E-state index contributed by atoms with van der Waals surface area (Å²) in [5.41, 5.74) is 5.60. The van der Waals surface area contributed by atoms with E-state index in [-0.39, 0.29) is 25.0 Å². The Morgan fingerprint density at radius 3 is 2.73 bits per heavy atom. The lowest BCUT2D eigenvalue weighted by molar-refractivity contribution is -0.112. The van der Waals surface area contributed by atoms with Gasteiger partial charge in [0.25, 0.3) is 0 Å². The van der Waals surface area contributed by atoms with Gasteiger partial charge in [0.1, 0.15) is 18.9 Å². The molecule has 0 spiro atoms. The monoisotopic (exact) mass is 160 g/mol. The van der Waals surface area contributed by atoms with Crippen molar-refractivity contribution in [2.75, 3.05) is 13.7 Å². The second-order valence-corrected chi connectivity index (χ2v) is 2.91. The lowest BCUT2D eigenvalue weighted by Crippen LogP contribution is -2.44. The molecule has 4 N–H and O–H groups in total. The molecule has 2 rings (SSSR count). The number of nitrogens with two attached hydrogens (primary N) is 1. The Labute approximate surface area is 64.5 Å². The highest BCUT2D eigenvalue weighted by Gasteiger charge is 2.68. The van der Waals surface area contributed by atoms with E-state index in [1.165, 1.54) is 0 Å². The summed E-state index contributed by atoms with van der Waals surface area (Å²) in [5, 5.41) is 11.8. The van der Waals surface area contributed by atoms with Crippen LogP contribution >= 0.6 is 0 Å². The number of hydrogen-bond donors (Lipinski definition) is 3. The summed E-state index contributed by atoms with van der Waals surface area (Å²) in [4.78, 5) is 0. The van der Waals surface area contributed by atoms with Crippen LogP contribution in [-0.2, 0) is 9.47 Å². The highest BCUT2D eigenvalue weighted by atomic mass is 16.8. The number of fused-ring (bicyclic) bond motifs is 1. The number of rotatable bonds is 2. The van der Waals surface area contributed by atoms with Crippen molar-refractivity contribution in [2.45, 2.75) is 24.2 Å². The van der Waals surface area contributed by atoms with Crippen LogP contribution in [0, 0.1) is 0 Å². The third kappa shape index (κ3) is 0.830. The molecule has 2 fully saturated rings. The molecule has 0 amide bonds. The van der Waals surface area contributed by atoms with Gasteiger partial charge in [0.15, 0.2) is 0 Å². The van der Waals surface area contributed by atoms with Crippen molar-refractivity contribution in [1.29, 1.82) is 0 Å². The molecule has 0 aromatic heterocycles. The molecule has 2 unspecified atom stereocenters. The van der Waals surface area contributed by atoms with Gasteiger partial charge in [-0.05, 0) is 7.05 Å². The van der Waals surface area contributed by atoms with Crippen LogP contribution in [0.5, 0.6) is 0 Å². The quantitative estimate of drug-likeness (QED) is 0.406. The van der Waals surface area contributed by atoms with Gasteiger partial charge in [0, 0.05) is 0 Å². The molecule has 0 bridgehead atoms. The fourth-order valence-corrected chi connectivity index (χ4v) is 1.58. The van der Waals surface area contributed by atoms with Gasteiger partial charge in [-0.25, -0.2) is 0 Å². The van der Waals surface area contributed by atoms with E-state index in [9.17, 15) is 0 Å².